The fourth-order valence-electron chi connectivity index (χ4n) is 16.5. The van der Waals surface area contributed by atoms with E-state index in [1.165, 1.54) is 24.5 Å². The number of rotatable bonds is 12. The summed E-state index contributed by atoms with van der Waals surface area (Å²) >= 11 is 9.64. The van der Waals surface area contributed by atoms with Crippen molar-refractivity contribution in [3.8, 4) is 84.1 Å². The monoisotopic (exact) mass is 2090 g/mol. The Bertz CT molecular complexity index is 6400. The van der Waals surface area contributed by atoms with Gasteiger partial charge in [0.05, 0.1) is 67.4 Å². The molecule has 6 aliphatic heterocycles. The minimum atomic E-state index is -0.503. The highest BCUT2D eigenvalue weighted by Gasteiger charge is 2.38. The number of anilines is 6. The third kappa shape index (κ3) is 29.6. The molecule has 6 aliphatic rings. The lowest BCUT2D eigenvalue weighted by atomic mass is 9.94. The van der Waals surface area contributed by atoms with Crippen LogP contribution >= 0.6 is 68.0 Å². The number of halogens is 2. The van der Waals surface area contributed by atoms with Crippen LogP contribution in [-0.4, -0.2) is 267 Å². The molecule has 30 nitrogen and oxygen atoms in total. The van der Waals surface area contributed by atoms with E-state index < -0.39 is 11.9 Å². The Labute approximate surface area is 879 Å². The van der Waals surface area contributed by atoms with Gasteiger partial charge in [0.25, 0.3) is 0 Å². The van der Waals surface area contributed by atoms with E-state index in [0.29, 0.717) is 42.9 Å². The van der Waals surface area contributed by atoms with E-state index >= 15 is 0 Å². The van der Waals surface area contributed by atoms with Crippen molar-refractivity contribution in [3.63, 3.8) is 0 Å². The van der Waals surface area contributed by atoms with Crippen LogP contribution in [0, 0.1) is 78.4 Å². The molecule has 15 heterocycles. The highest BCUT2D eigenvalue weighted by molar-refractivity contribution is 7.19. The van der Waals surface area contributed by atoms with Gasteiger partial charge in [-0.3, -0.25) is 33.8 Å². The first-order valence-electron chi connectivity index (χ1n) is 48.9. The number of hydrogen-bond donors (Lipinski definition) is 0. The molecule has 12 aromatic rings. The van der Waals surface area contributed by atoms with Gasteiger partial charge in [0.15, 0.2) is 30.8 Å². The molecule has 6 saturated heterocycles. The first kappa shape index (κ1) is 110. The first-order chi connectivity index (χ1) is 69.3. The van der Waals surface area contributed by atoms with Crippen LogP contribution in [-0.2, 0) is 28.8 Å². The number of carbonyl (C=O) groups is 6. The Balaban J connectivity index is 0.000000147. The number of thiazole rings is 6. The van der Waals surface area contributed by atoms with Crippen molar-refractivity contribution >= 4 is 134 Å². The zero-order valence-electron chi connectivity index (χ0n) is 86.5. The number of amides is 6. The van der Waals surface area contributed by atoms with Crippen molar-refractivity contribution in [1.82, 2.24) is 74.3 Å². The Morgan fingerprint density at radius 1 is 0.274 bits per heavy atom. The minimum absolute atomic E-state index is 0.189. The molecule has 146 heavy (non-hydrogen) atoms. The van der Waals surface area contributed by atoms with Crippen LogP contribution in [0.5, 0.6) is 0 Å². The molecule has 18 rings (SSSR count). The lowest BCUT2D eigenvalue weighted by molar-refractivity contribution is -0.140. The molecule has 0 N–H and O–H groups in total. The number of carbonyl (C=O) groups excluding carboxylic acids is 6. The third-order valence-corrected chi connectivity index (χ3v) is 30.6. The van der Waals surface area contributed by atoms with Gasteiger partial charge >= 0.3 is 0 Å². The van der Waals surface area contributed by atoms with Crippen LogP contribution in [0.2, 0.25) is 0 Å². The smallest absolute Gasteiger partial charge is 0.228 e. The van der Waals surface area contributed by atoms with Gasteiger partial charge in [-0.2, -0.15) is 24.6 Å². The Morgan fingerprint density at radius 2 is 0.548 bits per heavy atom. The van der Waals surface area contributed by atoms with E-state index in [4.69, 9.17) is 30.7 Å². The second kappa shape index (κ2) is 48.4. The topological polar surface area (TPSA) is 329 Å². The molecule has 0 spiro atoms. The molecule has 38 heteroatoms. The van der Waals surface area contributed by atoms with Crippen molar-refractivity contribution in [2.75, 3.05) is 186 Å². The maximum absolute atomic E-state index is 13.2. The molecule has 0 aliphatic carbocycles. The van der Waals surface area contributed by atoms with Crippen molar-refractivity contribution in [3.05, 3.63) is 196 Å². The maximum Gasteiger partial charge on any atom is 0.228 e. The van der Waals surface area contributed by atoms with Crippen LogP contribution in [0.1, 0.15) is 141 Å². The molecule has 768 valence electrons. The van der Waals surface area contributed by atoms with Gasteiger partial charge in [-0.05, 0) is 72.3 Å². The average molecular weight is 2090 g/mol. The Hall–Kier alpha value is -13.2. The fourth-order valence-corrected chi connectivity index (χ4v) is 22.0. The molecule has 0 saturated carbocycles. The molecule has 0 bridgehead atoms. The van der Waals surface area contributed by atoms with E-state index in [9.17, 15) is 37.5 Å². The van der Waals surface area contributed by atoms with Crippen LogP contribution in [0.25, 0.3) is 65.9 Å². The van der Waals surface area contributed by atoms with Crippen molar-refractivity contribution in [2.24, 2.45) is 32.5 Å². The number of hydrogen-bond acceptors (Lipinski definition) is 30. The normalized spacial score (nSPS) is 15.4. The van der Waals surface area contributed by atoms with Gasteiger partial charge in [0, 0.05) is 282 Å². The second-order valence-corrected chi connectivity index (χ2v) is 47.7. The Morgan fingerprint density at radius 3 is 0.842 bits per heavy atom. The standard InChI is InChI=1S/3C19H22N4OS.2C17H21FN4OS.C17H22N4OS/c1-19(2,3)17(24)22-8-10-23(11-9-22)18-21-16(13-25-18)15-6-4-14(12-20)5-7-15;1-19(2,3)17(24)22-8-10-23(11-9-22)18-21-13-16(25-18)15-6-4-14(12-20)5-7-15;1-19(2,3)17(24)22-7-9-23(10-8-22)18-21-16(13-25-18)15-6-4-5-14(11-15)12-20;1-17(2,3)15(23)21-6-8-22(9-7-21)16-20-13(11-24-16)12-4-5-19-14(18)10-12;1-17(2,3)15(23)21-6-8-22(9-7-21)16-20-11-13(24-16)12-4-5-14(18)19-10-12;1-17(2,3)15(22)20-8-10-21(11-9-20)16-19-14(12-23-16)13-4-6-18-7-5-13/h2*4-7,13H,8-11H2,1-3H3;4-6,11,13H,7-10H2,1-3H3;2*4-5,10-11H,6-9H2,1-3H3;4-7,12H,8-11H2,1-3H3. The Kier molecular flexibility index (Phi) is 36.5. The van der Waals surface area contributed by atoms with Gasteiger partial charge in [0.1, 0.15) is 0 Å². The van der Waals surface area contributed by atoms with Crippen LogP contribution < -0.4 is 29.4 Å². The summed E-state index contributed by atoms with van der Waals surface area (Å²) in [5.41, 5.74) is 9.26. The van der Waals surface area contributed by atoms with Crippen molar-refractivity contribution in [2.45, 2.75) is 125 Å². The number of nitriles is 3. The first-order valence-corrected chi connectivity index (χ1v) is 54.1. The largest absolute Gasteiger partial charge is 0.345 e. The molecular formula is C108H130F2N24O6S6. The lowest BCUT2D eigenvalue weighted by Gasteiger charge is -2.37. The van der Waals surface area contributed by atoms with E-state index in [2.05, 4.69) is 82.9 Å². The quantitative estimate of drug-likeness (QED) is 0.103. The summed E-state index contributed by atoms with van der Waals surface area (Å²) < 4.78 is 26.2. The highest BCUT2D eigenvalue weighted by Crippen LogP contribution is 2.39. The number of nitrogens with zero attached hydrogens (tertiary/aromatic N) is 24. The van der Waals surface area contributed by atoms with Gasteiger partial charge in [-0.1, -0.05) is 184 Å². The maximum atomic E-state index is 13.2. The number of pyridine rings is 3. The average Bonchev–Trinajstić information content (AvgIpc) is 1.66. The highest BCUT2D eigenvalue weighted by atomic mass is 32.1. The van der Waals surface area contributed by atoms with Crippen molar-refractivity contribution in [1.29, 1.82) is 15.8 Å². The minimum Gasteiger partial charge on any atom is -0.345 e. The zero-order valence-corrected chi connectivity index (χ0v) is 91.4. The zero-order chi connectivity index (χ0) is 105. The van der Waals surface area contributed by atoms with E-state index in [-0.39, 0.29) is 67.9 Å². The number of benzene rings is 3. The third-order valence-electron chi connectivity index (χ3n) is 24.7. The molecule has 0 atom stereocenters. The molecule has 0 unspecified atom stereocenters. The fraction of sp³-hybridized carbons (Fsp3) is 0.444. The van der Waals surface area contributed by atoms with Crippen LogP contribution in [0.15, 0.2) is 168 Å². The van der Waals surface area contributed by atoms with Crippen LogP contribution in [0.4, 0.5) is 39.6 Å². The lowest BCUT2D eigenvalue weighted by Crippen LogP contribution is -2.51. The van der Waals surface area contributed by atoms with Gasteiger partial charge in [-0.25, -0.2) is 39.9 Å². The predicted molar refractivity (Wildman–Crippen MR) is 582 cm³/mol. The number of aromatic nitrogens is 9. The van der Waals surface area contributed by atoms with Gasteiger partial charge < -0.3 is 58.8 Å². The van der Waals surface area contributed by atoms with Gasteiger partial charge in [0.2, 0.25) is 47.3 Å². The van der Waals surface area contributed by atoms with Gasteiger partial charge in [-0.15, -0.1) is 45.3 Å². The van der Waals surface area contributed by atoms with E-state index in [1.54, 1.807) is 105 Å². The molecule has 6 fully saturated rings. The molecule has 0 radical (unpaired) electrons. The summed E-state index contributed by atoms with van der Waals surface area (Å²) in [6.45, 7) is 53.6. The summed E-state index contributed by atoms with van der Waals surface area (Å²) in [6.07, 6.45) is 10.2. The van der Waals surface area contributed by atoms with E-state index in [1.807, 2.05) is 255 Å². The van der Waals surface area contributed by atoms with Crippen LogP contribution in [0.3, 0.4) is 0 Å². The molecule has 6 amide bonds. The molecule has 3 aromatic carbocycles. The number of piperazine rings is 6. The molecule has 9 aromatic heterocycles. The summed E-state index contributed by atoms with van der Waals surface area (Å²) in [5.74, 6) is 0.260. The predicted octanol–water partition coefficient (Wildman–Crippen LogP) is 19.1. The summed E-state index contributed by atoms with van der Waals surface area (Å²) in [6, 6.07) is 39.1. The summed E-state index contributed by atoms with van der Waals surface area (Å²) in [4.78, 5) is 140. The SMILES string of the molecule is CC(C)(C)C(=O)N1CCN(c2nc(-c3ccc(C#N)cc3)cs2)CC1.CC(C)(C)C(=O)N1CCN(c2nc(-c3cccc(C#N)c3)cs2)CC1.CC(C)(C)C(=O)N1CCN(c2nc(-c3ccnc(F)c3)cs2)CC1.CC(C)(C)C(=O)N1CCN(c2nc(-c3ccncc3)cs2)CC1.CC(C)(C)C(=O)N1CCN(c2ncc(-c3ccc(C#N)cc3)s2)CC1.CC(C)(C)C(=O)N1CCN(c2ncc(-c3ccc(F)nc3)s2)CC1. The van der Waals surface area contributed by atoms with E-state index in [0.717, 1.165) is 228 Å². The summed E-state index contributed by atoms with van der Waals surface area (Å²) in [7, 11) is 0. The second-order valence-electron chi connectivity index (χ2n) is 42.3. The van der Waals surface area contributed by atoms with Crippen molar-refractivity contribution < 1.29 is 37.5 Å². The summed E-state index contributed by atoms with van der Waals surface area (Å²) in [5, 5.41) is 40.7. The molecular weight excluding hydrogens is 1960 g/mol.